The third-order valence-corrected chi connectivity index (χ3v) is 5.30. The highest BCUT2D eigenvalue weighted by Gasteiger charge is 2.27. The molecule has 20 heavy (non-hydrogen) atoms. The van der Waals surface area contributed by atoms with Gasteiger partial charge in [-0.1, -0.05) is 0 Å². The van der Waals surface area contributed by atoms with E-state index in [1.54, 1.807) is 11.3 Å². The zero-order valence-corrected chi connectivity index (χ0v) is 12.7. The molecule has 2 aromatic heterocycles. The number of aliphatic imine (C=N–C) groups is 2. The first-order valence-corrected chi connectivity index (χ1v) is 7.74. The lowest BCUT2D eigenvalue weighted by Gasteiger charge is -2.27. The fraction of sp³-hybridized carbons (Fsp3) is 0.400. The number of nitrogens with zero attached hydrogens (tertiary/aromatic N) is 4. The van der Waals surface area contributed by atoms with E-state index in [-0.39, 0.29) is 0 Å². The monoisotopic (exact) mass is 284 g/mol. The molecule has 5 heteroatoms. The number of hydrogen-bond donors (Lipinski definition) is 0. The molecular formula is C15H16N4S. The van der Waals surface area contributed by atoms with Gasteiger partial charge >= 0.3 is 0 Å². The van der Waals surface area contributed by atoms with Crippen molar-refractivity contribution in [1.82, 2.24) is 9.88 Å². The van der Waals surface area contributed by atoms with Crippen LogP contribution in [0.4, 0.5) is 5.69 Å². The molecule has 0 saturated carbocycles. The van der Waals surface area contributed by atoms with Gasteiger partial charge in [-0.15, -0.1) is 11.3 Å². The minimum absolute atomic E-state index is 0.915. The van der Waals surface area contributed by atoms with E-state index in [1.807, 2.05) is 6.34 Å². The third kappa shape index (κ3) is 1.50. The van der Waals surface area contributed by atoms with E-state index in [0.717, 1.165) is 41.6 Å². The SMILES string of the molecule is Cc1nc2sc3c(c2c(C)c1C)N=CN1CCCN=C31. The Kier molecular flexibility index (Phi) is 2.48. The number of aromatic nitrogens is 1. The fourth-order valence-electron chi connectivity index (χ4n) is 2.86. The van der Waals surface area contributed by atoms with Crippen LogP contribution in [0.5, 0.6) is 0 Å². The second kappa shape index (κ2) is 4.12. The van der Waals surface area contributed by atoms with E-state index in [9.17, 15) is 0 Å². The van der Waals surface area contributed by atoms with Crippen molar-refractivity contribution in [3.05, 3.63) is 21.7 Å². The topological polar surface area (TPSA) is 40.9 Å². The number of rotatable bonds is 0. The second-order valence-corrected chi connectivity index (χ2v) is 6.40. The summed E-state index contributed by atoms with van der Waals surface area (Å²) in [5.74, 6) is 1.08. The van der Waals surface area contributed by atoms with Crippen LogP contribution < -0.4 is 0 Å². The summed E-state index contributed by atoms with van der Waals surface area (Å²) < 4.78 is 0. The van der Waals surface area contributed by atoms with Crippen molar-refractivity contribution in [2.75, 3.05) is 13.1 Å². The summed E-state index contributed by atoms with van der Waals surface area (Å²) in [4.78, 5) is 18.6. The molecular weight excluding hydrogens is 268 g/mol. The Bertz CT molecular complexity index is 785. The quantitative estimate of drug-likeness (QED) is 0.744. The Hall–Kier alpha value is -1.75. The van der Waals surface area contributed by atoms with Crippen LogP contribution in [0.2, 0.25) is 0 Å². The van der Waals surface area contributed by atoms with Crippen LogP contribution in [0, 0.1) is 20.8 Å². The molecule has 0 amide bonds. The maximum atomic E-state index is 4.75. The highest BCUT2D eigenvalue weighted by atomic mass is 32.1. The maximum absolute atomic E-state index is 4.75. The molecule has 2 aliphatic rings. The molecule has 102 valence electrons. The van der Waals surface area contributed by atoms with E-state index in [4.69, 9.17) is 9.98 Å². The lowest BCUT2D eigenvalue weighted by molar-refractivity contribution is 0.559. The standard InChI is InChI=1S/C15H16N4S/c1-8-9(2)11-12-13(20-15(11)18-10(8)3)14-16-5-4-6-19(14)7-17-12/h7H,4-6H2,1-3H3. The van der Waals surface area contributed by atoms with Crippen molar-refractivity contribution in [1.29, 1.82) is 0 Å². The zero-order valence-electron chi connectivity index (χ0n) is 11.9. The molecule has 0 bridgehead atoms. The summed E-state index contributed by atoms with van der Waals surface area (Å²) >= 11 is 1.73. The Morgan fingerprint density at radius 3 is 2.90 bits per heavy atom. The molecule has 0 unspecified atom stereocenters. The average molecular weight is 284 g/mol. The summed E-state index contributed by atoms with van der Waals surface area (Å²) in [6, 6.07) is 0. The number of thiophene rings is 1. The lowest BCUT2D eigenvalue weighted by Crippen LogP contribution is -2.36. The Balaban J connectivity index is 2.07. The molecule has 0 atom stereocenters. The van der Waals surface area contributed by atoms with Gasteiger partial charge in [0.05, 0.1) is 16.9 Å². The van der Waals surface area contributed by atoms with Gasteiger partial charge in [-0.3, -0.25) is 4.99 Å². The van der Waals surface area contributed by atoms with Gasteiger partial charge in [0.2, 0.25) is 0 Å². The number of aryl methyl sites for hydroxylation is 2. The fourth-order valence-corrected chi connectivity index (χ4v) is 4.11. The number of hydrogen-bond acceptors (Lipinski definition) is 5. The van der Waals surface area contributed by atoms with E-state index >= 15 is 0 Å². The van der Waals surface area contributed by atoms with Crippen LogP contribution >= 0.6 is 11.3 Å². The predicted octanol–water partition coefficient (Wildman–Crippen LogP) is 3.35. The normalized spacial score (nSPS) is 17.1. The van der Waals surface area contributed by atoms with E-state index in [1.165, 1.54) is 21.4 Å². The summed E-state index contributed by atoms with van der Waals surface area (Å²) in [6.07, 6.45) is 3.03. The minimum atomic E-state index is 0.915. The van der Waals surface area contributed by atoms with E-state index in [0.29, 0.717) is 0 Å². The molecule has 2 aromatic rings. The second-order valence-electron chi connectivity index (χ2n) is 5.40. The molecule has 4 nitrogen and oxygen atoms in total. The highest BCUT2D eigenvalue weighted by Crippen LogP contribution is 2.42. The lowest BCUT2D eigenvalue weighted by atomic mass is 10.0. The Morgan fingerprint density at radius 1 is 1.20 bits per heavy atom. The van der Waals surface area contributed by atoms with Crippen LogP contribution in [0.25, 0.3) is 10.2 Å². The highest BCUT2D eigenvalue weighted by molar-refractivity contribution is 7.21. The van der Waals surface area contributed by atoms with Gasteiger partial charge in [0, 0.05) is 24.2 Å². The molecule has 4 heterocycles. The molecule has 0 radical (unpaired) electrons. The number of amidine groups is 1. The van der Waals surface area contributed by atoms with E-state index in [2.05, 4.69) is 30.7 Å². The molecule has 0 aliphatic carbocycles. The third-order valence-electron chi connectivity index (χ3n) is 4.23. The molecule has 0 N–H and O–H groups in total. The van der Waals surface area contributed by atoms with Crippen LogP contribution in [-0.4, -0.2) is 35.1 Å². The molecule has 0 saturated heterocycles. The van der Waals surface area contributed by atoms with Crippen LogP contribution in [-0.2, 0) is 0 Å². The Morgan fingerprint density at radius 2 is 2.05 bits per heavy atom. The van der Waals surface area contributed by atoms with Crippen LogP contribution in [0.3, 0.4) is 0 Å². The van der Waals surface area contributed by atoms with Gasteiger partial charge in [0.1, 0.15) is 10.7 Å². The summed E-state index contributed by atoms with van der Waals surface area (Å²) in [5, 5.41) is 1.21. The van der Waals surface area contributed by atoms with Crippen molar-refractivity contribution in [2.24, 2.45) is 9.98 Å². The molecule has 0 fully saturated rings. The summed E-state index contributed by atoms with van der Waals surface area (Å²) in [7, 11) is 0. The molecule has 4 rings (SSSR count). The Labute approximate surface area is 121 Å². The van der Waals surface area contributed by atoms with Gasteiger partial charge in [0.15, 0.2) is 0 Å². The van der Waals surface area contributed by atoms with Crippen LogP contribution in [0.15, 0.2) is 9.98 Å². The van der Waals surface area contributed by atoms with Gasteiger partial charge < -0.3 is 4.90 Å². The maximum Gasteiger partial charge on any atom is 0.148 e. The van der Waals surface area contributed by atoms with Crippen molar-refractivity contribution in [3.8, 4) is 0 Å². The largest absolute Gasteiger partial charge is 0.316 e. The number of pyridine rings is 1. The van der Waals surface area contributed by atoms with Crippen LogP contribution in [0.1, 0.15) is 28.1 Å². The zero-order chi connectivity index (χ0) is 13.9. The first-order valence-electron chi connectivity index (χ1n) is 6.93. The van der Waals surface area contributed by atoms with Gasteiger partial charge in [-0.2, -0.15) is 0 Å². The average Bonchev–Trinajstić information content (AvgIpc) is 2.83. The smallest absolute Gasteiger partial charge is 0.148 e. The summed E-state index contributed by atoms with van der Waals surface area (Å²) in [5.41, 5.74) is 4.74. The first kappa shape index (κ1) is 12.0. The van der Waals surface area contributed by atoms with Crippen molar-refractivity contribution >= 4 is 39.4 Å². The van der Waals surface area contributed by atoms with Crippen molar-refractivity contribution in [2.45, 2.75) is 27.2 Å². The minimum Gasteiger partial charge on any atom is -0.316 e. The predicted molar refractivity (Wildman–Crippen MR) is 84.7 cm³/mol. The van der Waals surface area contributed by atoms with Crippen molar-refractivity contribution < 1.29 is 0 Å². The molecule has 2 aliphatic heterocycles. The van der Waals surface area contributed by atoms with Gasteiger partial charge in [0.25, 0.3) is 0 Å². The number of fused-ring (bicyclic) bond motifs is 5. The van der Waals surface area contributed by atoms with Gasteiger partial charge in [-0.25, -0.2) is 9.98 Å². The summed E-state index contributed by atoms with van der Waals surface area (Å²) in [6.45, 7) is 8.31. The van der Waals surface area contributed by atoms with E-state index < -0.39 is 0 Å². The molecule has 0 spiro atoms. The first-order chi connectivity index (χ1) is 9.66. The van der Waals surface area contributed by atoms with Crippen molar-refractivity contribution in [3.63, 3.8) is 0 Å². The molecule has 0 aromatic carbocycles. The van der Waals surface area contributed by atoms with Gasteiger partial charge in [-0.05, 0) is 38.3 Å².